The van der Waals surface area contributed by atoms with Crippen LogP contribution in [0, 0.1) is 6.92 Å². The molecule has 0 fully saturated rings. The van der Waals surface area contributed by atoms with Gasteiger partial charge in [0.25, 0.3) is 0 Å². The lowest BCUT2D eigenvalue weighted by Gasteiger charge is -2.08. The van der Waals surface area contributed by atoms with Crippen LogP contribution in [0.3, 0.4) is 0 Å². The molecule has 114 valence electrons. The molecule has 1 N–H and O–H groups in total. The molecule has 0 radical (unpaired) electrons. The van der Waals surface area contributed by atoms with Crippen molar-refractivity contribution in [1.29, 1.82) is 0 Å². The molecule has 0 aliphatic rings. The first-order valence-electron chi connectivity index (χ1n) is 7.58. The topological polar surface area (TPSA) is 29.9 Å². The van der Waals surface area contributed by atoms with Crippen LogP contribution in [0.1, 0.15) is 44.5 Å². The van der Waals surface area contributed by atoms with Crippen LogP contribution in [0.15, 0.2) is 24.4 Å². The van der Waals surface area contributed by atoms with E-state index in [4.69, 9.17) is 11.6 Å². The molecule has 0 unspecified atom stereocenters. The number of benzene rings is 1. The van der Waals surface area contributed by atoms with Gasteiger partial charge in [0.15, 0.2) is 0 Å². The van der Waals surface area contributed by atoms with E-state index in [9.17, 15) is 0 Å². The predicted molar refractivity (Wildman–Crippen MR) is 89.8 cm³/mol. The van der Waals surface area contributed by atoms with Gasteiger partial charge in [0.1, 0.15) is 0 Å². The monoisotopic (exact) mass is 305 g/mol. The Kier molecular flexibility index (Phi) is 5.43. The Balaban J connectivity index is 2.24. The molecule has 4 heteroatoms. The molecule has 1 aromatic carbocycles. The van der Waals surface area contributed by atoms with E-state index in [0.29, 0.717) is 6.04 Å². The molecular formula is C17H24ClN3. The molecule has 0 bridgehead atoms. The second-order valence-corrected chi connectivity index (χ2v) is 6.10. The van der Waals surface area contributed by atoms with Gasteiger partial charge in [0, 0.05) is 34.9 Å². The molecule has 0 atom stereocenters. The van der Waals surface area contributed by atoms with Crippen LogP contribution in [-0.2, 0) is 6.54 Å². The van der Waals surface area contributed by atoms with Crippen molar-refractivity contribution >= 4 is 11.6 Å². The van der Waals surface area contributed by atoms with Crippen molar-refractivity contribution in [3.05, 3.63) is 40.7 Å². The summed E-state index contributed by atoms with van der Waals surface area (Å²) in [5, 5.41) is 8.74. The maximum absolute atomic E-state index is 6.47. The van der Waals surface area contributed by atoms with Crippen molar-refractivity contribution in [3.8, 4) is 11.1 Å². The number of nitrogens with zero attached hydrogens (tertiary/aromatic N) is 2. The summed E-state index contributed by atoms with van der Waals surface area (Å²) in [6, 6.07) is 6.63. The highest BCUT2D eigenvalue weighted by atomic mass is 35.5. The van der Waals surface area contributed by atoms with Gasteiger partial charge in [-0.1, -0.05) is 30.7 Å². The van der Waals surface area contributed by atoms with Crippen molar-refractivity contribution < 1.29 is 0 Å². The molecule has 0 aliphatic heterocycles. The van der Waals surface area contributed by atoms with Crippen molar-refractivity contribution in [2.75, 3.05) is 6.54 Å². The van der Waals surface area contributed by atoms with Gasteiger partial charge in [-0.3, -0.25) is 4.68 Å². The second kappa shape index (κ2) is 7.10. The first-order chi connectivity index (χ1) is 10.0. The maximum Gasteiger partial charge on any atom is 0.0672 e. The largest absolute Gasteiger partial charge is 0.313 e. The highest BCUT2D eigenvalue weighted by molar-refractivity contribution is 6.33. The van der Waals surface area contributed by atoms with Gasteiger partial charge >= 0.3 is 0 Å². The zero-order valence-corrected chi connectivity index (χ0v) is 14.0. The summed E-state index contributed by atoms with van der Waals surface area (Å²) >= 11 is 6.47. The van der Waals surface area contributed by atoms with E-state index in [2.05, 4.69) is 49.5 Å². The minimum atomic E-state index is 0.355. The Labute approximate surface area is 132 Å². The van der Waals surface area contributed by atoms with Crippen LogP contribution >= 0.6 is 11.6 Å². The van der Waals surface area contributed by atoms with Gasteiger partial charge in [-0.2, -0.15) is 5.10 Å². The molecule has 2 rings (SSSR count). The quantitative estimate of drug-likeness (QED) is 0.791. The third kappa shape index (κ3) is 3.86. The van der Waals surface area contributed by atoms with E-state index < -0.39 is 0 Å². The molecule has 1 aromatic heterocycles. The number of aryl methyl sites for hydroxylation is 1. The SMILES string of the molecule is CCCNCc1ccc(-c2cn(C(C)C)nc2C)c(Cl)c1. The zero-order chi connectivity index (χ0) is 15.4. The summed E-state index contributed by atoms with van der Waals surface area (Å²) in [6.45, 7) is 10.3. The molecule has 21 heavy (non-hydrogen) atoms. The number of hydrogen-bond donors (Lipinski definition) is 1. The Bertz CT molecular complexity index is 602. The van der Waals surface area contributed by atoms with Crippen LogP contribution in [-0.4, -0.2) is 16.3 Å². The number of rotatable bonds is 6. The molecule has 2 aromatic rings. The molecule has 1 heterocycles. The molecule has 3 nitrogen and oxygen atoms in total. The van der Waals surface area contributed by atoms with Crippen molar-refractivity contribution in [2.45, 2.75) is 46.7 Å². The third-order valence-corrected chi connectivity index (χ3v) is 3.84. The smallest absolute Gasteiger partial charge is 0.0672 e. The van der Waals surface area contributed by atoms with E-state index in [1.165, 1.54) is 5.56 Å². The number of halogens is 1. The average Bonchev–Trinajstić information content (AvgIpc) is 2.81. The van der Waals surface area contributed by atoms with Gasteiger partial charge in [-0.15, -0.1) is 0 Å². The van der Waals surface area contributed by atoms with E-state index in [0.717, 1.165) is 41.4 Å². The van der Waals surface area contributed by atoms with Crippen LogP contribution in [0.5, 0.6) is 0 Å². The number of aromatic nitrogens is 2. The summed E-state index contributed by atoms with van der Waals surface area (Å²) in [4.78, 5) is 0. The van der Waals surface area contributed by atoms with E-state index in [1.807, 2.05) is 17.7 Å². The average molecular weight is 306 g/mol. The first kappa shape index (κ1) is 16.1. The fourth-order valence-electron chi connectivity index (χ4n) is 2.31. The van der Waals surface area contributed by atoms with E-state index >= 15 is 0 Å². The van der Waals surface area contributed by atoms with Gasteiger partial charge in [0.05, 0.1) is 5.69 Å². The van der Waals surface area contributed by atoms with Crippen LogP contribution in [0.2, 0.25) is 5.02 Å². The van der Waals surface area contributed by atoms with Gasteiger partial charge < -0.3 is 5.32 Å². The lowest BCUT2D eigenvalue weighted by molar-refractivity contribution is 0.529. The van der Waals surface area contributed by atoms with E-state index in [-0.39, 0.29) is 0 Å². The molecule has 0 aliphatic carbocycles. The maximum atomic E-state index is 6.47. The third-order valence-electron chi connectivity index (χ3n) is 3.53. The lowest BCUT2D eigenvalue weighted by atomic mass is 10.0. The second-order valence-electron chi connectivity index (χ2n) is 5.69. The summed E-state index contributed by atoms with van der Waals surface area (Å²) in [6.07, 6.45) is 3.22. The summed E-state index contributed by atoms with van der Waals surface area (Å²) < 4.78 is 1.98. The highest BCUT2D eigenvalue weighted by Crippen LogP contribution is 2.31. The minimum Gasteiger partial charge on any atom is -0.313 e. The Morgan fingerprint density at radius 3 is 2.62 bits per heavy atom. The van der Waals surface area contributed by atoms with Gasteiger partial charge in [0.2, 0.25) is 0 Å². The fourth-order valence-corrected chi connectivity index (χ4v) is 2.61. The molecule has 0 saturated carbocycles. The predicted octanol–water partition coefficient (Wildman–Crippen LogP) is 4.59. The van der Waals surface area contributed by atoms with Gasteiger partial charge in [-0.25, -0.2) is 0 Å². The van der Waals surface area contributed by atoms with Gasteiger partial charge in [-0.05, 0) is 45.4 Å². The van der Waals surface area contributed by atoms with Crippen molar-refractivity contribution in [1.82, 2.24) is 15.1 Å². The van der Waals surface area contributed by atoms with Crippen molar-refractivity contribution in [2.24, 2.45) is 0 Å². The van der Waals surface area contributed by atoms with Crippen molar-refractivity contribution in [3.63, 3.8) is 0 Å². The normalized spacial score (nSPS) is 11.3. The molecular weight excluding hydrogens is 282 g/mol. The first-order valence-corrected chi connectivity index (χ1v) is 7.96. The molecule has 0 saturated heterocycles. The van der Waals surface area contributed by atoms with Crippen LogP contribution < -0.4 is 5.32 Å². The zero-order valence-electron chi connectivity index (χ0n) is 13.3. The van der Waals surface area contributed by atoms with Crippen LogP contribution in [0.4, 0.5) is 0 Å². The fraction of sp³-hybridized carbons (Fsp3) is 0.471. The van der Waals surface area contributed by atoms with Crippen LogP contribution in [0.25, 0.3) is 11.1 Å². The molecule has 0 spiro atoms. The highest BCUT2D eigenvalue weighted by Gasteiger charge is 2.12. The standard InChI is InChI=1S/C17H24ClN3/c1-5-8-19-10-14-6-7-15(17(18)9-14)16-11-21(12(2)3)20-13(16)4/h6-7,9,11-12,19H,5,8,10H2,1-4H3. The summed E-state index contributed by atoms with van der Waals surface area (Å²) in [5.74, 6) is 0. The Morgan fingerprint density at radius 2 is 2.05 bits per heavy atom. The summed E-state index contributed by atoms with van der Waals surface area (Å²) in [7, 11) is 0. The van der Waals surface area contributed by atoms with E-state index in [1.54, 1.807) is 0 Å². The Hall–Kier alpha value is -1.32. The molecule has 0 amide bonds. The lowest BCUT2D eigenvalue weighted by Crippen LogP contribution is -2.13. The summed E-state index contributed by atoms with van der Waals surface area (Å²) in [5.41, 5.74) is 4.40. The Morgan fingerprint density at radius 1 is 1.29 bits per heavy atom. The number of hydrogen-bond acceptors (Lipinski definition) is 2. The number of nitrogens with one attached hydrogen (secondary N) is 1. The minimum absolute atomic E-state index is 0.355.